The van der Waals surface area contributed by atoms with Crippen molar-refractivity contribution in [1.29, 1.82) is 0 Å². The van der Waals surface area contributed by atoms with Gasteiger partial charge >= 0.3 is 0 Å². The molecule has 4 heteroatoms. The van der Waals surface area contributed by atoms with Gasteiger partial charge in [0, 0.05) is 12.6 Å². The zero-order valence-electron chi connectivity index (χ0n) is 12.3. The van der Waals surface area contributed by atoms with E-state index in [1.165, 1.54) is 24.8 Å². The molecule has 1 aromatic rings. The van der Waals surface area contributed by atoms with E-state index in [0.29, 0.717) is 6.10 Å². The predicted molar refractivity (Wildman–Crippen MR) is 80.6 cm³/mol. The standard InChI is InChI=1S/C16H26N2O2/c1-19-16-7-4-5-13(12-16)11-14(18-17)8-9-15-6-2-3-10-20-15/h4-5,7,12,14-15,18H,2-3,6,8-11,17H2,1H3. The number of hydrogen-bond acceptors (Lipinski definition) is 4. The number of methoxy groups -OCH3 is 1. The van der Waals surface area contributed by atoms with Crippen LogP contribution in [0.25, 0.3) is 0 Å². The Morgan fingerprint density at radius 3 is 3.05 bits per heavy atom. The van der Waals surface area contributed by atoms with Gasteiger partial charge in [-0.2, -0.15) is 0 Å². The molecule has 0 aliphatic carbocycles. The van der Waals surface area contributed by atoms with E-state index in [-0.39, 0.29) is 6.04 Å². The van der Waals surface area contributed by atoms with Crippen LogP contribution in [0.15, 0.2) is 24.3 Å². The maximum Gasteiger partial charge on any atom is 0.119 e. The van der Waals surface area contributed by atoms with Crippen molar-refractivity contribution in [2.24, 2.45) is 5.84 Å². The third kappa shape index (κ3) is 4.78. The molecule has 1 fully saturated rings. The zero-order chi connectivity index (χ0) is 14.2. The van der Waals surface area contributed by atoms with E-state index in [2.05, 4.69) is 17.6 Å². The van der Waals surface area contributed by atoms with E-state index in [9.17, 15) is 0 Å². The van der Waals surface area contributed by atoms with Gasteiger partial charge in [-0.05, 0) is 56.2 Å². The average Bonchev–Trinajstić information content (AvgIpc) is 2.52. The second-order valence-corrected chi connectivity index (χ2v) is 5.49. The van der Waals surface area contributed by atoms with Gasteiger partial charge in [-0.3, -0.25) is 11.3 Å². The number of ether oxygens (including phenoxy) is 2. The second kappa shape index (κ2) is 8.25. The molecule has 20 heavy (non-hydrogen) atoms. The Bertz CT molecular complexity index is 392. The van der Waals surface area contributed by atoms with Crippen LogP contribution in [0, 0.1) is 0 Å². The Kier molecular flexibility index (Phi) is 6.30. The molecule has 0 saturated carbocycles. The highest BCUT2D eigenvalue weighted by molar-refractivity contribution is 5.28. The molecular formula is C16H26N2O2. The lowest BCUT2D eigenvalue weighted by Crippen LogP contribution is -2.37. The summed E-state index contributed by atoms with van der Waals surface area (Å²) in [5.41, 5.74) is 4.18. The van der Waals surface area contributed by atoms with E-state index in [0.717, 1.165) is 31.6 Å². The maximum atomic E-state index is 5.77. The van der Waals surface area contributed by atoms with Crippen LogP contribution < -0.4 is 16.0 Å². The molecule has 2 atom stereocenters. The van der Waals surface area contributed by atoms with Crippen LogP contribution in [0.3, 0.4) is 0 Å². The van der Waals surface area contributed by atoms with Gasteiger partial charge in [0.15, 0.2) is 0 Å². The summed E-state index contributed by atoms with van der Waals surface area (Å²) in [5, 5.41) is 0. The largest absolute Gasteiger partial charge is 0.497 e. The van der Waals surface area contributed by atoms with Gasteiger partial charge in [0.25, 0.3) is 0 Å². The first-order valence-electron chi connectivity index (χ1n) is 7.52. The van der Waals surface area contributed by atoms with E-state index >= 15 is 0 Å². The summed E-state index contributed by atoms with van der Waals surface area (Å²) >= 11 is 0. The molecule has 2 unspecified atom stereocenters. The smallest absolute Gasteiger partial charge is 0.119 e. The summed E-state index contributed by atoms with van der Waals surface area (Å²) in [6.07, 6.45) is 7.15. The molecule has 0 radical (unpaired) electrons. The number of nitrogens with two attached hydrogens (primary N) is 1. The molecule has 1 heterocycles. The average molecular weight is 278 g/mol. The fraction of sp³-hybridized carbons (Fsp3) is 0.625. The summed E-state index contributed by atoms with van der Waals surface area (Å²) in [7, 11) is 1.69. The fourth-order valence-corrected chi connectivity index (χ4v) is 2.75. The SMILES string of the molecule is COc1cccc(CC(CCC2CCCCO2)NN)c1. The predicted octanol–water partition coefficient (Wildman–Crippen LogP) is 2.42. The van der Waals surface area contributed by atoms with Crippen LogP contribution in [-0.4, -0.2) is 25.9 Å². The highest BCUT2D eigenvalue weighted by Gasteiger charge is 2.16. The Hall–Kier alpha value is -1.10. The van der Waals surface area contributed by atoms with E-state index < -0.39 is 0 Å². The first kappa shape index (κ1) is 15.3. The fourth-order valence-electron chi connectivity index (χ4n) is 2.75. The van der Waals surface area contributed by atoms with Gasteiger partial charge < -0.3 is 9.47 Å². The van der Waals surface area contributed by atoms with Gasteiger partial charge in [-0.25, -0.2) is 0 Å². The van der Waals surface area contributed by atoms with Gasteiger partial charge in [0.1, 0.15) is 5.75 Å². The number of benzene rings is 1. The Morgan fingerprint density at radius 1 is 1.45 bits per heavy atom. The molecule has 112 valence electrons. The van der Waals surface area contributed by atoms with Crippen molar-refractivity contribution in [3.63, 3.8) is 0 Å². The molecular weight excluding hydrogens is 252 g/mol. The third-order valence-corrected chi connectivity index (χ3v) is 3.96. The second-order valence-electron chi connectivity index (χ2n) is 5.49. The van der Waals surface area contributed by atoms with Crippen LogP contribution in [0.1, 0.15) is 37.7 Å². The van der Waals surface area contributed by atoms with Crippen molar-refractivity contribution in [3.8, 4) is 5.75 Å². The summed E-state index contributed by atoms with van der Waals surface area (Å²) in [5.74, 6) is 6.58. The van der Waals surface area contributed by atoms with Crippen LogP contribution in [0.5, 0.6) is 5.75 Å². The van der Waals surface area contributed by atoms with Gasteiger partial charge in [-0.15, -0.1) is 0 Å². The lowest BCUT2D eigenvalue weighted by atomic mass is 9.98. The first-order chi connectivity index (χ1) is 9.81. The summed E-state index contributed by atoms with van der Waals surface area (Å²) in [4.78, 5) is 0. The van der Waals surface area contributed by atoms with Crippen molar-refractivity contribution in [1.82, 2.24) is 5.43 Å². The van der Waals surface area contributed by atoms with E-state index in [4.69, 9.17) is 15.3 Å². The molecule has 0 bridgehead atoms. The Morgan fingerprint density at radius 2 is 2.35 bits per heavy atom. The van der Waals surface area contributed by atoms with Crippen molar-refractivity contribution < 1.29 is 9.47 Å². The molecule has 0 aromatic heterocycles. The van der Waals surface area contributed by atoms with Gasteiger partial charge in [-0.1, -0.05) is 12.1 Å². The van der Waals surface area contributed by atoms with E-state index in [1.807, 2.05) is 12.1 Å². The van der Waals surface area contributed by atoms with Crippen LogP contribution in [-0.2, 0) is 11.2 Å². The monoisotopic (exact) mass is 278 g/mol. The van der Waals surface area contributed by atoms with Crippen molar-refractivity contribution >= 4 is 0 Å². The highest BCUT2D eigenvalue weighted by atomic mass is 16.5. The number of rotatable bonds is 7. The van der Waals surface area contributed by atoms with Gasteiger partial charge in [0.2, 0.25) is 0 Å². The molecule has 1 aromatic carbocycles. The quantitative estimate of drug-likeness (QED) is 0.594. The minimum atomic E-state index is 0.285. The van der Waals surface area contributed by atoms with Gasteiger partial charge in [0.05, 0.1) is 13.2 Å². The normalized spacial score (nSPS) is 20.6. The van der Waals surface area contributed by atoms with E-state index in [1.54, 1.807) is 7.11 Å². The molecule has 0 spiro atoms. The number of nitrogens with one attached hydrogen (secondary N) is 1. The third-order valence-electron chi connectivity index (χ3n) is 3.96. The van der Waals surface area contributed by atoms with Crippen LogP contribution >= 0.6 is 0 Å². The van der Waals surface area contributed by atoms with Crippen LogP contribution in [0.4, 0.5) is 0 Å². The lowest BCUT2D eigenvalue weighted by Gasteiger charge is -2.24. The topological polar surface area (TPSA) is 56.5 Å². The minimum Gasteiger partial charge on any atom is -0.497 e. The minimum absolute atomic E-state index is 0.285. The Labute approximate surface area is 121 Å². The number of hydrazine groups is 1. The van der Waals surface area contributed by atoms with Crippen molar-refractivity contribution in [2.75, 3.05) is 13.7 Å². The molecule has 3 N–H and O–H groups in total. The summed E-state index contributed by atoms with van der Waals surface area (Å²) < 4.78 is 11.0. The number of hydrogen-bond donors (Lipinski definition) is 2. The zero-order valence-corrected chi connectivity index (χ0v) is 12.3. The summed E-state index contributed by atoms with van der Waals surface area (Å²) in [6.45, 7) is 0.918. The first-order valence-corrected chi connectivity index (χ1v) is 7.52. The molecule has 2 rings (SSSR count). The molecule has 1 aliphatic rings. The highest BCUT2D eigenvalue weighted by Crippen LogP contribution is 2.20. The van der Waals surface area contributed by atoms with Crippen molar-refractivity contribution in [3.05, 3.63) is 29.8 Å². The lowest BCUT2D eigenvalue weighted by molar-refractivity contribution is 0.00858. The van der Waals surface area contributed by atoms with Crippen molar-refractivity contribution in [2.45, 2.75) is 50.7 Å². The molecule has 1 saturated heterocycles. The molecule has 1 aliphatic heterocycles. The van der Waals surface area contributed by atoms with Crippen LogP contribution in [0.2, 0.25) is 0 Å². The Balaban J connectivity index is 1.81. The maximum absolute atomic E-state index is 5.77. The molecule has 4 nitrogen and oxygen atoms in total. The summed E-state index contributed by atoms with van der Waals surface area (Å²) in [6, 6.07) is 8.45. The molecule has 0 amide bonds.